The molecule has 0 saturated heterocycles. The van der Waals surface area contributed by atoms with Crippen LogP contribution in [0.5, 0.6) is 0 Å². The van der Waals surface area contributed by atoms with Crippen molar-refractivity contribution in [1.29, 1.82) is 0 Å². The summed E-state index contributed by atoms with van der Waals surface area (Å²) in [5.41, 5.74) is 1.70. The van der Waals surface area contributed by atoms with E-state index in [2.05, 4.69) is 5.32 Å². The Bertz CT molecular complexity index is 1090. The van der Waals surface area contributed by atoms with Gasteiger partial charge < -0.3 is 9.73 Å². The summed E-state index contributed by atoms with van der Waals surface area (Å²) in [4.78, 5) is 22.4. The Morgan fingerprint density at radius 2 is 1.96 bits per heavy atom. The molecular weight excluding hydrogens is 403 g/mol. The number of nitrogens with one attached hydrogen (secondary N) is 1. The molecule has 0 fully saturated rings. The maximum atomic E-state index is 12.1. The topological polar surface area (TPSA) is 85.4 Å². The molecule has 0 aliphatic heterocycles. The number of anilines is 1. The number of benzene rings is 2. The van der Waals surface area contributed by atoms with E-state index in [-0.39, 0.29) is 5.69 Å². The van der Waals surface area contributed by atoms with Crippen LogP contribution in [0.15, 0.2) is 59.0 Å². The first-order valence-electron chi connectivity index (χ1n) is 8.13. The number of amides is 1. The highest BCUT2D eigenvalue weighted by atomic mass is 35.5. The molecule has 1 N–H and O–H groups in total. The van der Waals surface area contributed by atoms with Gasteiger partial charge in [-0.05, 0) is 48.9 Å². The van der Waals surface area contributed by atoms with E-state index in [9.17, 15) is 14.9 Å². The zero-order valence-electron chi connectivity index (χ0n) is 14.6. The van der Waals surface area contributed by atoms with Crippen LogP contribution >= 0.6 is 23.2 Å². The second-order valence-electron chi connectivity index (χ2n) is 5.88. The van der Waals surface area contributed by atoms with Gasteiger partial charge in [0.1, 0.15) is 11.5 Å². The Hall–Kier alpha value is -3.09. The lowest BCUT2D eigenvalue weighted by Gasteiger charge is -2.05. The molecule has 1 heterocycles. The highest BCUT2D eigenvalue weighted by Gasteiger charge is 2.11. The molecule has 1 aromatic heterocycles. The smallest absolute Gasteiger partial charge is 0.269 e. The van der Waals surface area contributed by atoms with E-state index < -0.39 is 10.8 Å². The predicted molar refractivity (Wildman–Crippen MR) is 110 cm³/mol. The molecule has 0 atom stereocenters. The molecule has 3 rings (SSSR count). The second-order valence-corrected chi connectivity index (χ2v) is 6.67. The zero-order valence-corrected chi connectivity index (χ0v) is 16.1. The molecule has 0 aliphatic carbocycles. The van der Waals surface area contributed by atoms with Gasteiger partial charge in [-0.2, -0.15) is 0 Å². The minimum Gasteiger partial charge on any atom is -0.457 e. The molecule has 1 amide bonds. The SMILES string of the molecule is Cc1cc([N+](=O)[O-])ccc1NC(=O)C=Cc1ccc(-c2cccc(Cl)c2Cl)o1. The average Bonchev–Trinajstić information content (AvgIpc) is 3.12. The monoisotopic (exact) mass is 416 g/mol. The van der Waals surface area contributed by atoms with Crippen LogP contribution in [-0.2, 0) is 4.79 Å². The Morgan fingerprint density at radius 3 is 2.68 bits per heavy atom. The van der Waals surface area contributed by atoms with Crippen LogP contribution in [0.25, 0.3) is 17.4 Å². The van der Waals surface area contributed by atoms with Gasteiger partial charge in [-0.15, -0.1) is 0 Å². The second kappa shape index (κ2) is 8.29. The lowest BCUT2D eigenvalue weighted by atomic mass is 10.2. The number of halogens is 2. The molecule has 0 aliphatic rings. The van der Waals surface area contributed by atoms with Crippen LogP contribution in [0.3, 0.4) is 0 Å². The van der Waals surface area contributed by atoms with Gasteiger partial charge in [0.2, 0.25) is 5.91 Å². The number of nitro benzene ring substituents is 1. The van der Waals surface area contributed by atoms with E-state index in [1.54, 1.807) is 37.3 Å². The summed E-state index contributed by atoms with van der Waals surface area (Å²) in [6.07, 6.45) is 2.82. The van der Waals surface area contributed by atoms with Gasteiger partial charge in [-0.25, -0.2) is 0 Å². The van der Waals surface area contributed by atoms with Gasteiger partial charge in [0, 0.05) is 29.5 Å². The maximum Gasteiger partial charge on any atom is 0.269 e. The minimum absolute atomic E-state index is 0.0335. The van der Waals surface area contributed by atoms with Crippen molar-refractivity contribution in [1.82, 2.24) is 0 Å². The number of carbonyl (C=O) groups excluding carboxylic acids is 1. The van der Waals surface area contributed by atoms with Crippen LogP contribution in [0.1, 0.15) is 11.3 Å². The van der Waals surface area contributed by atoms with E-state index in [0.29, 0.717) is 38.4 Å². The predicted octanol–water partition coefficient (Wildman–Crippen LogP) is 6.12. The number of nitrogens with zero attached hydrogens (tertiary/aromatic N) is 1. The van der Waals surface area contributed by atoms with E-state index in [4.69, 9.17) is 27.6 Å². The number of rotatable bonds is 5. The third kappa shape index (κ3) is 4.42. The van der Waals surface area contributed by atoms with E-state index in [1.807, 2.05) is 0 Å². The molecule has 8 heteroatoms. The fourth-order valence-corrected chi connectivity index (χ4v) is 2.91. The first-order chi connectivity index (χ1) is 13.3. The lowest BCUT2D eigenvalue weighted by Crippen LogP contribution is -2.09. The van der Waals surface area contributed by atoms with Gasteiger partial charge in [0.15, 0.2) is 0 Å². The van der Waals surface area contributed by atoms with E-state index in [0.717, 1.165) is 0 Å². The number of furan rings is 1. The number of hydrogen-bond donors (Lipinski definition) is 1. The average molecular weight is 417 g/mol. The van der Waals surface area contributed by atoms with Crippen LogP contribution < -0.4 is 5.32 Å². The van der Waals surface area contributed by atoms with Gasteiger partial charge in [-0.1, -0.05) is 29.3 Å². The fraction of sp³-hybridized carbons (Fsp3) is 0.0500. The third-order valence-electron chi connectivity index (χ3n) is 3.92. The fourth-order valence-electron chi connectivity index (χ4n) is 2.52. The molecule has 0 spiro atoms. The van der Waals surface area contributed by atoms with E-state index >= 15 is 0 Å². The quantitative estimate of drug-likeness (QED) is 0.308. The largest absolute Gasteiger partial charge is 0.457 e. The molecule has 0 bridgehead atoms. The standard InChI is InChI=1S/C20H14Cl2N2O4/c1-12-11-13(24(26)27)5-8-17(12)23-19(25)10-7-14-6-9-18(28-14)15-3-2-4-16(21)20(15)22/h2-11H,1H3,(H,23,25). The van der Waals surface area contributed by atoms with Crippen LogP contribution in [0, 0.1) is 17.0 Å². The van der Waals surface area contributed by atoms with Crippen molar-refractivity contribution >= 4 is 46.6 Å². The molecule has 6 nitrogen and oxygen atoms in total. The summed E-state index contributed by atoms with van der Waals surface area (Å²) in [6.45, 7) is 1.68. The Labute approximate surface area is 170 Å². The summed E-state index contributed by atoms with van der Waals surface area (Å²) in [5, 5.41) is 14.3. The lowest BCUT2D eigenvalue weighted by molar-refractivity contribution is -0.384. The Morgan fingerprint density at radius 1 is 1.18 bits per heavy atom. The van der Waals surface area contributed by atoms with Crippen molar-refractivity contribution in [2.75, 3.05) is 5.32 Å². The maximum absolute atomic E-state index is 12.1. The molecule has 28 heavy (non-hydrogen) atoms. The highest BCUT2D eigenvalue weighted by Crippen LogP contribution is 2.34. The number of non-ortho nitro benzene ring substituents is 1. The Balaban J connectivity index is 1.71. The first kappa shape index (κ1) is 19.7. The summed E-state index contributed by atoms with van der Waals surface area (Å²) < 4.78 is 5.69. The number of aryl methyl sites for hydroxylation is 1. The van der Waals surface area contributed by atoms with Gasteiger partial charge in [-0.3, -0.25) is 14.9 Å². The van der Waals surface area contributed by atoms with Crippen molar-refractivity contribution in [2.45, 2.75) is 6.92 Å². The molecule has 2 aromatic carbocycles. The Kier molecular flexibility index (Phi) is 5.82. The molecule has 3 aromatic rings. The van der Waals surface area contributed by atoms with Gasteiger partial charge >= 0.3 is 0 Å². The van der Waals surface area contributed by atoms with Crippen molar-refractivity contribution < 1.29 is 14.1 Å². The molecule has 0 radical (unpaired) electrons. The highest BCUT2D eigenvalue weighted by molar-refractivity contribution is 6.43. The van der Waals surface area contributed by atoms with E-state index in [1.165, 1.54) is 30.4 Å². The summed E-state index contributed by atoms with van der Waals surface area (Å²) in [6, 6.07) is 12.9. The molecule has 0 saturated carbocycles. The van der Waals surface area contributed by atoms with Crippen molar-refractivity contribution in [3.8, 4) is 11.3 Å². The molecular formula is C20H14Cl2N2O4. The van der Waals surface area contributed by atoms with Crippen molar-refractivity contribution in [3.05, 3.63) is 86.1 Å². The third-order valence-corrected chi connectivity index (χ3v) is 4.74. The summed E-state index contributed by atoms with van der Waals surface area (Å²) in [5.74, 6) is 0.594. The van der Waals surface area contributed by atoms with Crippen LogP contribution in [0.4, 0.5) is 11.4 Å². The molecule has 0 unspecified atom stereocenters. The zero-order chi connectivity index (χ0) is 20.3. The number of nitro groups is 1. The first-order valence-corrected chi connectivity index (χ1v) is 8.89. The van der Waals surface area contributed by atoms with Crippen LogP contribution in [-0.4, -0.2) is 10.8 Å². The van der Waals surface area contributed by atoms with Gasteiger partial charge in [0.05, 0.1) is 15.0 Å². The summed E-state index contributed by atoms with van der Waals surface area (Å²) >= 11 is 12.2. The molecule has 142 valence electrons. The van der Waals surface area contributed by atoms with Crippen molar-refractivity contribution in [2.24, 2.45) is 0 Å². The number of carbonyl (C=O) groups is 1. The number of hydrogen-bond acceptors (Lipinski definition) is 4. The summed E-state index contributed by atoms with van der Waals surface area (Å²) in [7, 11) is 0. The van der Waals surface area contributed by atoms with Gasteiger partial charge in [0.25, 0.3) is 5.69 Å². The van der Waals surface area contributed by atoms with Crippen molar-refractivity contribution in [3.63, 3.8) is 0 Å². The normalized spacial score (nSPS) is 11.0. The van der Waals surface area contributed by atoms with Crippen LogP contribution in [0.2, 0.25) is 10.0 Å². The minimum atomic E-state index is -0.487.